The van der Waals surface area contributed by atoms with Gasteiger partial charge in [0.15, 0.2) is 12.4 Å². The predicted octanol–water partition coefficient (Wildman–Crippen LogP) is 2.39. The fourth-order valence-electron chi connectivity index (χ4n) is 1.82. The van der Waals surface area contributed by atoms with Crippen molar-refractivity contribution in [3.05, 3.63) is 35.4 Å². The Labute approximate surface area is 114 Å². The van der Waals surface area contributed by atoms with Gasteiger partial charge in [0.1, 0.15) is 0 Å². The summed E-state index contributed by atoms with van der Waals surface area (Å²) < 4.78 is 16.5. The zero-order valence-electron chi connectivity index (χ0n) is 10.1. The van der Waals surface area contributed by atoms with Crippen LogP contribution in [0.4, 0.5) is 0 Å². The van der Waals surface area contributed by atoms with Crippen molar-refractivity contribution in [1.29, 1.82) is 0 Å². The highest BCUT2D eigenvalue weighted by molar-refractivity contribution is 9.09. The van der Waals surface area contributed by atoms with Crippen LogP contribution in [0, 0.1) is 0 Å². The first kappa shape index (κ1) is 13.5. The minimum absolute atomic E-state index is 0.339. The van der Waals surface area contributed by atoms with Gasteiger partial charge in [-0.25, -0.2) is 0 Å². The van der Waals surface area contributed by atoms with Crippen LogP contribution in [0.1, 0.15) is 18.1 Å². The Morgan fingerprint density at radius 2 is 1.94 bits per heavy atom. The molecule has 0 saturated heterocycles. The number of benzene rings is 1. The molecule has 0 aliphatic carbocycles. The molecule has 0 spiro atoms. The minimum Gasteiger partial charge on any atom is -0.456 e. The molecule has 2 rings (SSSR count). The van der Waals surface area contributed by atoms with Gasteiger partial charge in [0, 0.05) is 12.3 Å². The molecule has 0 aromatic heterocycles. The van der Waals surface area contributed by atoms with E-state index in [-0.39, 0.29) is 5.97 Å². The Morgan fingerprint density at radius 3 is 2.39 bits per heavy atom. The van der Waals surface area contributed by atoms with E-state index in [1.807, 2.05) is 24.3 Å². The van der Waals surface area contributed by atoms with Crippen LogP contribution in [0.2, 0.25) is 0 Å². The molecule has 18 heavy (non-hydrogen) atoms. The first-order valence-electron chi connectivity index (χ1n) is 5.74. The van der Waals surface area contributed by atoms with E-state index < -0.39 is 12.4 Å². The molecule has 1 aliphatic heterocycles. The number of rotatable bonds is 3. The molecule has 0 radical (unpaired) electrons. The lowest BCUT2D eigenvalue weighted by Crippen LogP contribution is -2.35. The van der Waals surface area contributed by atoms with Gasteiger partial charge < -0.3 is 14.2 Å². The maximum absolute atomic E-state index is 11.0. The fourth-order valence-corrected chi connectivity index (χ4v) is 2.26. The molecule has 0 saturated carbocycles. The number of alkyl halides is 1. The van der Waals surface area contributed by atoms with Gasteiger partial charge in [-0.3, -0.25) is 4.79 Å². The topological polar surface area (TPSA) is 44.8 Å². The summed E-state index contributed by atoms with van der Waals surface area (Å²) in [4.78, 5) is 11.0. The highest BCUT2D eigenvalue weighted by Crippen LogP contribution is 2.21. The number of carbonyl (C=O) groups is 1. The highest BCUT2D eigenvalue weighted by atomic mass is 79.9. The minimum atomic E-state index is -0.541. The smallest absolute Gasteiger partial charge is 0.303 e. The summed E-state index contributed by atoms with van der Waals surface area (Å²) in [5.74, 6) is -0.339. The third-order valence-electron chi connectivity index (χ3n) is 2.70. The van der Waals surface area contributed by atoms with Crippen LogP contribution in [0.25, 0.3) is 0 Å². The lowest BCUT2D eigenvalue weighted by atomic mass is 10.1. The van der Waals surface area contributed by atoms with Crippen molar-refractivity contribution in [2.45, 2.75) is 32.5 Å². The zero-order valence-corrected chi connectivity index (χ0v) is 11.7. The first-order valence-corrected chi connectivity index (χ1v) is 6.86. The van der Waals surface area contributed by atoms with Crippen molar-refractivity contribution < 1.29 is 19.0 Å². The van der Waals surface area contributed by atoms with Crippen LogP contribution in [0.15, 0.2) is 24.3 Å². The molecule has 0 fully saturated rings. The lowest BCUT2D eigenvalue weighted by molar-refractivity contribution is -0.207. The van der Waals surface area contributed by atoms with Crippen molar-refractivity contribution in [3.8, 4) is 0 Å². The highest BCUT2D eigenvalue weighted by Gasteiger charge is 2.27. The summed E-state index contributed by atoms with van der Waals surface area (Å²) in [5.41, 5.74) is 2.22. The van der Waals surface area contributed by atoms with Crippen molar-refractivity contribution in [3.63, 3.8) is 0 Å². The molecule has 0 bridgehead atoms. The molecule has 5 heteroatoms. The van der Waals surface area contributed by atoms with Gasteiger partial charge in [-0.1, -0.05) is 40.2 Å². The van der Waals surface area contributed by atoms with E-state index in [2.05, 4.69) is 15.9 Å². The number of hydrogen-bond acceptors (Lipinski definition) is 4. The van der Waals surface area contributed by atoms with Crippen LogP contribution in [-0.4, -0.2) is 23.7 Å². The van der Waals surface area contributed by atoms with Gasteiger partial charge in [0.25, 0.3) is 0 Å². The third-order valence-corrected chi connectivity index (χ3v) is 3.34. The van der Waals surface area contributed by atoms with Gasteiger partial charge in [0.2, 0.25) is 0 Å². The third kappa shape index (κ3) is 3.31. The molecule has 1 aromatic carbocycles. The summed E-state index contributed by atoms with van der Waals surface area (Å²) in [5, 5.41) is 0.480. The maximum atomic E-state index is 11.0. The number of halogens is 1. The van der Waals surface area contributed by atoms with Crippen molar-refractivity contribution in [2.24, 2.45) is 0 Å². The molecule has 1 aliphatic rings. The average Bonchev–Trinajstić information content (AvgIpc) is 2.58. The van der Waals surface area contributed by atoms with Gasteiger partial charge in [-0.05, 0) is 11.1 Å². The largest absolute Gasteiger partial charge is 0.456 e. The summed E-state index contributed by atoms with van der Waals surface area (Å²) in [6, 6.07) is 7.96. The molecule has 1 aromatic rings. The second-order valence-electron chi connectivity index (χ2n) is 4.06. The molecular weight excluding hydrogens is 300 g/mol. The molecule has 1 atom stereocenters. The Balaban J connectivity index is 2.04. The maximum Gasteiger partial charge on any atom is 0.303 e. The van der Waals surface area contributed by atoms with Gasteiger partial charge >= 0.3 is 5.97 Å². The fraction of sp³-hybridized carbons (Fsp3) is 0.462. The van der Waals surface area contributed by atoms with Crippen molar-refractivity contribution >= 4 is 21.9 Å². The van der Waals surface area contributed by atoms with Crippen LogP contribution >= 0.6 is 15.9 Å². The van der Waals surface area contributed by atoms with E-state index in [1.54, 1.807) is 0 Å². The molecule has 1 heterocycles. The molecule has 98 valence electrons. The average molecular weight is 315 g/mol. The van der Waals surface area contributed by atoms with Crippen molar-refractivity contribution in [2.75, 3.05) is 5.33 Å². The van der Waals surface area contributed by atoms with Crippen LogP contribution in [-0.2, 0) is 32.2 Å². The first-order chi connectivity index (χ1) is 8.70. The number of ether oxygens (including phenoxy) is 3. The summed E-state index contributed by atoms with van der Waals surface area (Å²) in [7, 11) is 0. The SMILES string of the molecule is CC(=O)OC(CBr)C1OCc2ccccc2CO1. The second kappa shape index (κ2) is 6.31. The van der Waals surface area contributed by atoms with E-state index in [9.17, 15) is 4.79 Å². The van der Waals surface area contributed by atoms with Crippen molar-refractivity contribution in [1.82, 2.24) is 0 Å². The number of fused-ring (bicyclic) bond motifs is 1. The quantitative estimate of drug-likeness (QED) is 0.635. The Morgan fingerprint density at radius 1 is 1.39 bits per heavy atom. The second-order valence-corrected chi connectivity index (χ2v) is 4.71. The summed E-state index contributed by atoms with van der Waals surface area (Å²) in [6.45, 7) is 2.30. The van der Waals surface area contributed by atoms with E-state index >= 15 is 0 Å². The Kier molecular flexibility index (Phi) is 4.74. The van der Waals surface area contributed by atoms with E-state index in [1.165, 1.54) is 6.92 Å². The molecule has 4 nitrogen and oxygen atoms in total. The van der Waals surface area contributed by atoms with E-state index in [4.69, 9.17) is 14.2 Å². The zero-order chi connectivity index (χ0) is 13.0. The van der Waals surface area contributed by atoms with Crippen LogP contribution in [0.3, 0.4) is 0 Å². The van der Waals surface area contributed by atoms with Gasteiger partial charge in [-0.2, -0.15) is 0 Å². The number of hydrogen-bond donors (Lipinski definition) is 0. The summed E-state index contributed by atoms with van der Waals surface area (Å²) in [6.07, 6.45) is -0.975. The molecule has 1 unspecified atom stereocenters. The number of carbonyl (C=O) groups excluding carboxylic acids is 1. The molecule has 0 N–H and O–H groups in total. The van der Waals surface area contributed by atoms with E-state index in [0.717, 1.165) is 11.1 Å². The lowest BCUT2D eigenvalue weighted by Gasteiger charge is -2.23. The Bertz CT molecular complexity index is 394. The van der Waals surface area contributed by atoms with Gasteiger partial charge in [0.05, 0.1) is 13.2 Å². The van der Waals surface area contributed by atoms with Crippen LogP contribution in [0.5, 0.6) is 0 Å². The van der Waals surface area contributed by atoms with Gasteiger partial charge in [-0.15, -0.1) is 0 Å². The monoisotopic (exact) mass is 314 g/mol. The molecular formula is C13H15BrO4. The Hall–Kier alpha value is -0.910. The van der Waals surface area contributed by atoms with Crippen LogP contribution < -0.4 is 0 Å². The molecule has 0 amide bonds. The van der Waals surface area contributed by atoms with E-state index in [0.29, 0.717) is 18.5 Å². The predicted molar refractivity (Wildman–Crippen MR) is 69.2 cm³/mol. The standard InChI is InChI=1S/C13H15BrO4/c1-9(15)18-12(6-14)13-16-7-10-4-2-3-5-11(10)8-17-13/h2-5,12-13H,6-8H2,1H3. The number of esters is 1. The summed E-state index contributed by atoms with van der Waals surface area (Å²) >= 11 is 3.30. The normalized spacial score (nSPS) is 17.7.